The molecule has 0 aromatic heterocycles. The number of methoxy groups -OCH3 is 2. The number of carbonyl (C=O) groups excluding carboxylic acids is 3. The zero-order chi connectivity index (χ0) is 16.4. The fourth-order valence-electron chi connectivity index (χ4n) is 5.12. The Hall–Kier alpha value is -1.95. The fourth-order valence-corrected chi connectivity index (χ4v) is 5.12. The third-order valence-electron chi connectivity index (χ3n) is 6.17. The lowest BCUT2D eigenvalue weighted by Gasteiger charge is -2.48. The van der Waals surface area contributed by atoms with Gasteiger partial charge in [0.2, 0.25) is 5.91 Å². The number of rotatable bonds is 3. The van der Waals surface area contributed by atoms with Crippen LogP contribution in [0.2, 0.25) is 0 Å². The molecule has 4 aliphatic rings. The number of aldehydes is 1. The summed E-state index contributed by atoms with van der Waals surface area (Å²) in [5.74, 6) is -1.11. The predicted molar refractivity (Wildman–Crippen MR) is 79.2 cm³/mol. The Balaban J connectivity index is 1.84. The van der Waals surface area contributed by atoms with Crippen molar-refractivity contribution < 1.29 is 23.9 Å². The maximum Gasteiger partial charge on any atom is 0.310 e. The van der Waals surface area contributed by atoms with Crippen LogP contribution in [-0.2, 0) is 23.9 Å². The van der Waals surface area contributed by atoms with E-state index in [2.05, 4.69) is 0 Å². The average molecular weight is 317 g/mol. The SMILES string of the molecule is COC(=O)C1[C@@H]2[C@]34C[C@@H](OC)C=CC3=CC(=O)N4CC[C@]12C=O. The van der Waals surface area contributed by atoms with E-state index in [1.165, 1.54) is 7.11 Å². The summed E-state index contributed by atoms with van der Waals surface area (Å²) in [4.78, 5) is 38.4. The van der Waals surface area contributed by atoms with E-state index in [0.29, 0.717) is 19.4 Å². The van der Waals surface area contributed by atoms with Gasteiger partial charge in [0.25, 0.3) is 0 Å². The highest BCUT2D eigenvalue weighted by Gasteiger charge is 2.80. The second-order valence-electron chi connectivity index (χ2n) is 6.81. The number of fused-ring (bicyclic) bond motifs is 1. The van der Waals surface area contributed by atoms with Crippen LogP contribution in [0, 0.1) is 17.3 Å². The Kier molecular flexibility index (Phi) is 2.89. The number of hydrogen-bond donors (Lipinski definition) is 0. The molecule has 6 nitrogen and oxygen atoms in total. The highest BCUT2D eigenvalue weighted by molar-refractivity contribution is 5.97. The largest absolute Gasteiger partial charge is 0.469 e. The molecule has 1 amide bonds. The normalized spacial score (nSPS) is 43.2. The van der Waals surface area contributed by atoms with Crippen molar-refractivity contribution >= 4 is 18.2 Å². The Morgan fingerprint density at radius 1 is 1.43 bits per heavy atom. The fraction of sp³-hybridized carbons (Fsp3) is 0.588. The maximum atomic E-state index is 12.4. The number of carbonyl (C=O) groups is 3. The molecule has 2 fully saturated rings. The first-order valence-corrected chi connectivity index (χ1v) is 7.84. The smallest absolute Gasteiger partial charge is 0.310 e. The summed E-state index contributed by atoms with van der Waals surface area (Å²) < 4.78 is 10.4. The zero-order valence-corrected chi connectivity index (χ0v) is 13.2. The van der Waals surface area contributed by atoms with E-state index in [9.17, 15) is 14.4 Å². The van der Waals surface area contributed by atoms with Crippen LogP contribution in [0.1, 0.15) is 12.8 Å². The molecule has 2 aliphatic carbocycles. The van der Waals surface area contributed by atoms with Crippen LogP contribution in [0.3, 0.4) is 0 Å². The minimum absolute atomic E-state index is 0.0450. The number of ether oxygens (including phenoxy) is 2. The molecule has 0 bridgehead atoms. The topological polar surface area (TPSA) is 72.9 Å². The summed E-state index contributed by atoms with van der Waals surface area (Å²) in [6.07, 6.45) is 7.33. The van der Waals surface area contributed by atoms with Crippen molar-refractivity contribution in [1.29, 1.82) is 0 Å². The molecule has 1 saturated heterocycles. The Morgan fingerprint density at radius 2 is 2.22 bits per heavy atom. The number of esters is 1. The number of amides is 1. The van der Waals surface area contributed by atoms with Crippen LogP contribution < -0.4 is 0 Å². The van der Waals surface area contributed by atoms with Gasteiger partial charge in [0.05, 0.1) is 24.7 Å². The van der Waals surface area contributed by atoms with Crippen molar-refractivity contribution in [3.8, 4) is 0 Å². The highest BCUT2D eigenvalue weighted by Crippen LogP contribution is 2.72. The van der Waals surface area contributed by atoms with Crippen LogP contribution in [0.5, 0.6) is 0 Å². The molecule has 1 spiro atoms. The molecule has 0 N–H and O–H groups in total. The van der Waals surface area contributed by atoms with Gasteiger partial charge in [-0.2, -0.15) is 0 Å². The van der Waals surface area contributed by atoms with Gasteiger partial charge in [0.1, 0.15) is 6.29 Å². The zero-order valence-electron chi connectivity index (χ0n) is 13.2. The van der Waals surface area contributed by atoms with Gasteiger partial charge in [-0.05, 0) is 12.0 Å². The summed E-state index contributed by atoms with van der Waals surface area (Å²) in [7, 11) is 2.97. The van der Waals surface area contributed by atoms with E-state index in [0.717, 1.165) is 11.9 Å². The van der Waals surface area contributed by atoms with Crippen LogP contribution >= 0.6 is 0 Å². The molecule has 0 aromatic carbocycles. The van der Waals surface area contributed by atoms with E-state index >= 15 is 0 Å². The monoisotopic (exact) mass is 317 g/mol. The molecule has 122 valence electrons. The van der Waals surface area contributed by atoms with E-state index < -0.39 is 16.9 Å². The van der Waals surface area contributed by atoms with Gasteiger partial charge in [-0.25, -0.2) is 0 Å². The van der Waals surface area contributed by atoms with E-state index in [1.807, 2.05) is 17.1 Å². The van der Waals surface area contributed by atoms with Gasteiger partial charge in [0, 0.05) is 37.5 Å². The number of hydrogen-bond acceptors (Lipinski definition) is 5. The molecule has 0 radical (unpaired) electrons. The number of piperidine rings is 1. The van der Waals surface area contributed by atoms with E-state index in [1.54, 1.807) is 13.2 Å². The van der Waals surface area contributed by atoms with Gasteiger partial charge in [-0.3, -0.25) is 9.59 Å². The van der Waals surface area contributed by atoms with Gasteiger partial charge >= 0.3 is 5.97 Å². The molecule has 6 heteroatoms. The first-order chi connectivity index (χ1) is 11.0. The quantitative estimate of drug-likeness (QED) is 0.559. The van der Waals surface area contributed by atoms with Crippen molar-refractivity contribution in [2.24, 2.45) is 17.3 Å². The molecule has 1 saturated carbocycles. The third kappa shape index (κ3) is 1.54. The average Bonchev–Trinajstić information content (AvgIpc) is 3.18. The molecule has 2 aliphatic heterocycles. The summed E-state index contributed by atoms with van der Waals surface area (Å²) >= 11 is 0. The van der Waals surface area contributed by atoms with Gasteiger partial charge in [-0.1, -0.05) is 12.2 Å². The van der Waals surface area contributed by atoms with Crippen molar-refractivity contribution in [1.82, 2.24) is 4.90 Å². The van der Waals surface area contributed by atoms with Gasteiger partial charge < -0.3 is 19.2 Å². The van der Waals surface area contributed by atoms with Gasteiger partial charge in [0.15, 0.2) is 0 Å². The minimum atomic E-state index is -0.712. The minimum Gasteiger partial charge on any atom is -0.469 e. The Labute approximate surface area is 134 Å². The summed E-state index contributed by atoms with van der Waals surface area (Å²) in [6.45, 7) is 0.478. The lowest BCUT2D eigenvalue weighted by molar-refractivity contribution is -0.144. The van der Waals surface area contributed by atoms with Crippen molar-refractivity contribution in [3.63, 3.8) is 0 Å². The Bertz CT molecular complexity index is 668. The van der Waals surface area contributed by atoms with Crippen LogP contribution in [0.15, 0.2) is 23.8 Å². The summed E-state index contributed by atoms with van der Waals surface area (Å²) in [5.41, 5.74) is -0.445. The lowest BCUT2D eigenvalue weighted by Crippen LogP contribution is -2.57. The predicted octanol–water partition coefficient (Wildman–Crippen LogP) is 0.477. The second kappa shape index (κ2) is 4.54. The molecule has 0 aromatic rings. The van der Waals surface area contributed by atoms with Gasteiger partial charge in [-0.15, -0.1) is 0 Å². The third-order valence-corrected chi connectivity index (χ3v) is 6.17. The molecule has 1 unspecified atom stereocenters. The molecular formula is C17H19NO5. The molecule has 2 heterocycles. The molecule has 23 heavy (non-hydrogen) atoms. The first-order valence-electron chi connectivity index (χ1n) is 7.84. The van der Waals surface area contributed by atoms with E-state index in [4.69, 9.17) is 9.47 Å². The van der Waals surface area contributed by atoms with Crippen LogP contribution in [0.4, 0.5) is 0 Å². The first kappa shape index (κ1) is 14.6. The maximum absolute atomic E-state index is 12.4. The van der Waals surface area contributed by atoms with Crippen molar-refractivity contribution in [3.05, 3.63) is 23.8 Å². The van der Waals surface area contributed by atoms with Crippen LogP contribution in [-0.4, -0.2) is 55.5 Å². The summed E-state index contributed by atoms with van der Waals surface area (Å²) in [6, 6.07) is 0. The van der Waals surface area contributed by atoms with E-state index in [-0.39, 0.29) is 23.9 Å². The second-order valence-corrected chi connectivity index (χ2v) is 6.81. The molecular weight excluding hydrogens is 298 g/mol. The summed E-state index contributed by atoms with van der Waals surface area (Å²) in [5, 5.41) is 0. The van der Waals surface area contributed by atoms with Crippen LogP contribution in [0.25, 0.3) is 0 Å². The highest BCUT2D eigenvalue weighted by atomic mass is 16.5. The van der Waals surface area contributed by atoms with Crippen molar-refractivity contribution in [2.75, 3.05) is 20.8 Å². The standard InChI is InChI=1S/C17H19NO5/c1-22-11-4-3-10-7-12(20)18-6-5-16(9-19)13(15(21)23-2)14(16)17(10,18)8-11/h3-4,7,9,11,13-14H,5-6,8H2,1-2H3/t11-,13?,14-,16-,17-/m0/s1. The molecule has 4 rings (SSSR count). The number of nitrogens with zero attached hydrogens (tertiary/aromatic N) is 1. The Morgan fingerprint density at radius 3 is 2.87 bits per heavy atom. The molecule has 5 atom stereocenters. The lowest BCUT2D eigenvalue weighted by atomic mass is 9.71. The van der Waals surface area contributed by atoms with Crippen molar-refractivity contribution in [2.45, 2.75) is 24.5 Å².